The Hall–Kier alpha value is -0.770. The summed E-state index contributed by atoms with van der Waals surface area (Å²) in [5.74, 6) is 0. The van der Waals surface area contributed by atoms with Gasteiger partial charge in [0.2, 0.25) is 0 Å². The normalized spacial score (nSPS) is 20.8. The van der Waals surface area contributed by atoms with Gasteiger partial charge in [0.15, 0.2) is 0 Å². The number of rotatable bonds is 4. The molecular formula is C14H22ClN3. The fraction of sp³-hybridized carbons (Fsp3) is 0.571. The van der Waals surface area contributed by atoms with Gasteiger partial charge in [0.25, 0.3) is 0 Å². The zero-order valence-corrected chi connectivity index (χ0v) is 12.0. The minimum Gasteiger partial charge on any atom is -0.398 e. The number of nitrogen functional groups attached to an aromatic ring is 1. The van der Waals surface area contributed by atoms with Crippen LogP contribution in [0.2, 0.25) is 5.02 Å². The summed E-state index contributed by atoms with van der Waals surface area (Å²) in [7, 11) is 4.38. The minimum atomic E-state index is 0.636. The number of likely N-dealkylation sites (N-methyl/N-ethyl adjacent to an activating group) is 2. The van der Waals surface area contributed by atoms with Crippen LogP contribution in [-0.2, 0) is 6.54 Å². The predicted molar refractivity (Wildman–Crippen MR) is 77.9 cm³/mol. The number of benzene rings is 1. The van der Waals surface area contributed by atoms with Crippen molar-refractivity contribution in [3.63, 3.8) is 0 Å². The third-order valence-corrected chi connectivity index (χ3v) is 4.05. The van der Waals surface area contributed by atoms with Crippen LogP contribution in [0.1, 0.15) is 18.4 Å². The minimum absolute atomic E-state index is 0.636. The fourth-order valence-corrected chi connectivity index (χ4v) is 2.76. The molecule has 2 N–H and O–H groups in total. The molecule has 1 aliphatic rings. The van der Waals surface area contributed by atoms with Crippen LogP contribution < -0.4 is 5.73 Å². The van der Waals surface area contributed by atoms with E-state index in [2.05, 4.69) is 23.9 Å². The molecule has 1 aromatic carbocycles. The smallest absolute Gasteiger partial charge is 0.0635 e. The molecule has 1 atom stereocenters. The second-order valence-corrected chi connectivity index (χ2v) is 5.74. The number of anilines is 1. The van der Waals surface area contributed by atoms with E-state index in [0.29, 0.717) is 16.8 Å². The summed E-state index contributed by atoms with van der Waals surface area (Å²) in [6.07, 6.45) is 2.63. The van der Waals surface area contributed by atoms with Crippen LogP contribution in [0.3, 0.4) is 0 Å². The van der Waals surface area contributed by atoms with Crippen LogP contribution in [-0.4, -0.2) is 43.0 Å². The van der Waals surface area contributed by atoms with Crippen molar-refractivity contribution in [3.8, 4) is 0 Å². The summed E-state index contributed by atoms with van der Waals surface area (Å²) >= 11 is 5.93. The molecule has 0 spiro atoms. The van der Waals surface area contributed by atoms with E-state index < -0.39 is 0 Å². The predicted octanol–water partition coefficient (Wildman–Crippen LogP) is 2.45. The van der Waals surface area contributed by atoms with Crippen LogP contribution in [0.5, 0.6) is 0 Å². The van der Waals surface area contributed by atoms with Gasteiger partial charge in [0, 0.05) is 19.1 Å². The second kappa shape index (κ2) is 5.91. The van der Waals surface area contributed by atoms with Crippen LogP contribution in [0.25, 0.3) is 0 Å². The number of halogens is 1. The van der Waals surface area contributed by atoms with Gasteiger partial charge < -0.3 is 15.5 Å². The first-order valence-electron chi connectivity index (χ1n) is 6.49. The molecule has 1 unspecified atom stereocenters. The van der Waals surface area contributed by atoms with Crippen molar-refractivity contribution in [2.24, 2.45) is 0 Å². The first kappa shape index (κ1) is 13.7. The zero-order valence-electron chi connectivity index (χ0n) is 11.2. The molecule has 0 amide bonds. The Morgan fingerprint density at radius 2 is 2.28 bits per heavy atom. The third-order valence-electron chi connectivity index (χ3n) is 3.71. The van der Waals surface area contributed by atoms with Gasteiger partial charge in [-0.05, 0) is 51.2 Å². The molecule has 1 aliphatic heterocycles. The van der Waals surface area contributed by atoms with Crippen molar-refractivity contribution in [1.29, 1.82) is 0 Å². The maximum absolute atomic E-state index is 5.93. The van der Waals surface area contributed by atoms with Crippen LogP contribution >= 0.6 is 11.6 Å². The highest BCUT2D eigenvalue weighted by molar-refractivity contribution is 6.33. The largest absolute Gasteiger partial charge is 0.398 e. The highest BCUT2D eigenvalue weighted by atomic mass is 35.5. The van der Waals surface area contributed by atoms with Crippen LogP contribution in [0.4, 0.5) is 5.69 Å². The molecule has 0 saturated carbocycles. The maximum Gasteiger partial charge on any atom is 0.0635 e. The van der Waals surface area contributed by atoms with Crippen molar-refractivity contribution < 1.29 is 0 Å². The monoisotopic (exact) mass is 267 g/mol. The number of likely N-dealkylation sites (tertiary alicyclic amines) is 1. The Morgan fingerprint density at radius 1 is 1.50 bits per heavy atom. The average molecular weight is 268 g/mol. The number of nitrogens with zero attached hydrogens (tertiary/aromatic N) is 2. The molecule has 1 aromatic rings. The average Bonchev–Trinajstić information content (AvgIpc) is 2.70. The van der Waals surface area contributed by atoms with Gasteiger partial charge in [-0.1, -0.05) is 17.7 Å². The molecule has 2 rings (SSSR count). The molecule has 1 heterocycles. The first-order chi connectivity index (χ1) is 8.56. The lowest BCUT2D eigenvalue weighted by Crippen LogP contribution is -2.36. The summed E-state index contributed by atoms with van der Waals surface area (Å²) in [6, 6.07) is 6.59. The molecule has 0 aromatic heterocycles. The Labute approximate surface area is 115 Å². The van der Waals surface area contributed by atoms with E-state index in [4.69, 9.17) is 17.3 Å². The lowest BCUT2D eigenvalue weighted by atomic mass is 10.1. The molecule has 4 heteroatoms. The van der Waals surface area contributed by atoms with Gasteiger partial charge in [-0.2, -0.15) is 0 Å². The quantitative estimate of drug-likeness (QED) is 0.851. The fourth-order valence-electron chi connectivity index (χ4n) is 2.64. The first-order valence-corrected chi connectivity index (χ1v) is 6.87. The van der Waals surface area contributed by atoms with Crippen molar-refractivity contribution >= 4 is 17.3 Å². The SMILES string of the molecule is CN(Cc1ccc(Cl)c(N)c1)CC1CCCN1C. The number of nitrogens with two attached hydrogens (primary N) is 1. The van der Waals surface area contributed by atoms with E-state index >= 15 is 0 Å². The Morgan fingerprint density at radius 3 is 2.89 bits per heavy atom. The molecule has 1 saturated heterocycles. The van der Waals surface area contributed by atoms with Gasteiger partial charge in [-0.3, -0.25) is 0 Å². The van der Waals surface area contributed by atoms with E-state index in [0.717, 1.165) is 13.1 Å². The van der Waals surface area contributed by atoms with Crippen LogP contribution in [0, 0.1) is 0 Å². The molecule has 18 heavy (non-hydrogen) atoms. The third kappa shape index (κ3) is 3.37. The van der Waals surface area contributed by atoms with Gasteiger partial charge in [-0.15, -0.1) is 0 Å². The summed E-state index contributed by atoms with van der Waals surface area (Å²) in [6.45, 7) is 3.26. The molecule has 0 radical (unpaired) electrons. The Balaban J connectivity index is 1.90. The molecule has 0 bridgehead atoms. The molecule has 100 valence electrons. The Kier molecular flexibility index (Phi) is 4.49. The van der Waals surface area contributed by atoms with Crippen molar-refractivity contribution in [2.45, 2.75) is 25.4 Å². The van der Waals surface area contributed by atoms with E-state index in [-0.39, 0.29) is 0 Å². The highest BCUT2D eigenvalue weighted by Crippen LogP contribution is 2.21. The van der Waals surface area contributed by atoms with E-state index in [9.17, 15) is 0 Å². The molecule has 3 nitrogen and oxygen atoms in total. The van der Waals surface area contributed by atoms with Crippen molar-refractivity contribution in [2.75, 3.05) is 32.9 Å². The molecule has 1 fully saturated rings. The van der Waals surface area contributed by atoms with Crippen molar-refractivity contribution in [1.82, 2.24) is 9.80 Å². The summed E-state index contributed by atoms with van der Waals surface area (Å²) in [4.78, 5) is 4.81. The topological polar surface area (TPSA) is 32.5 Å². The Bertz CT molecular complexity index is 408. The van der Waals surface area contributed by atoms with Gasteiger partial charge in [-0.25, -0.2) is 0 Å². The van der Waals surface area contributed by atoms with Crippen LogP contribution in [0.15, 0.2) is 18.2 Å². The van der Waals surface area contributed by atoms with E-state index in [1.807, 2.05) is 18.2 Å². The van der Waals surface area contributed by atoms with E-state index in [1.165, 1.54) is 24.9 Å². The molecular weight excluding hydrogens is 246 g/mol. The maximum atomic E-state index is 5.93. The van der Waals surface area contributed by atoms with Crippen molar-refractivity contribution in [3.05, 3.63) is 28.8 Å². The highest BCUT2D eigenvalue weighted by Gasteiger charge is 2.21. The van der Waals surface area contributed by atoms with Gasteiger partial charge in [0.1, 0.15) is 0 Å². The second-order valence-electron chi connectivity index (χ2n) is 5.33. The molecule has 0 aliphatic carbocycles. The number of hydrogen-bond donors (Lipinski definition) is 1. The van der Waals surface area contributed by atoms with Gasteiger partial charge in [0.05, 0.1) is 10.7 Å². The lowest BCUT2D eigenvalue weighted by Gasteiger charge is -2.25. The standard InChI is InChI=1S/C14H22ClN3/c1-17(10-12-4-3-7-18(12)2)9-11-5-6-13(15)14(16)8-11/h5-6,8,12H,3-4,7,9-10,16H2,1-2H3. The number of hydrogen-bond acceptors (Lipinski definition) is 3. The lowest BCUT2D eigenvalue weighted by molar-refractivity contribution is 0.215. The summed E-state index contributed by atoms with van der Waals surface area (Å²) in [5.41, 5.74) is 7.71. The van der Waals surface area contributed by atoms with Gasteiger partial charge >= 0.3 is 0 Å². The summed E-state index contributed by atoms with van der Waals surface area (Å²) < 4.78 is 0. The zero-order chi connectivity index (χ0) is 13.1. The summed E-state index contributed by atoms with van der Waals surface area (Å²) in [5, 5.41) is 0.636. The van der Waals surface area contributed by atoms with E-state index in [1.54, 1.807) is 0 Å².